The number of hydrogen-bond donors (Lipinski definition) is 1. The van der Waals surface area contributed by atoms with Crippen molar-refractivity contribution in [2.24, 2.45) is 0 Å². The van der Waals surface area contributed by atoms with E-state index < -0.39 is 5.79 Å². The Labute approximate surface area is 141 Å². The second-order valence-electron chi connectivity index (χ2n) is 5.70. The quantitative estimate of drug-likeness (QED) is 0.858. The first-order valence-electron chi connectivity index (χ1n) is 7.94. The van der Waals surface area contributed by atoms with Crippen LogP contribution in [0.4, 0.5) is 0 Å². The molecule has 1 saturated heterocycles. The molecule has 1 atom stereocenters. The van der Waals surface area contributed by atoms with E-state index in [4.69, 9.17) is 14.3 Å². The van der Waals surface area contributed by atoms with Crippen LogP contribution in [0.1, 0.15) is 29.5 Å². The van der Waals surface area contributed by atoms with Crippen LogP contribution in [0, 0.1) is 0 Å². The van der Waals surface area contributed by atoms with Crippen LogP contribution in [0.25, 0.3) is 0 Å². The van der Waals surface area contributed by atoms with Gasteiger partial charge in [-0.1, -0.05) is 48.5 Å². The number of carbonyl (C=O) groups excluding carboxylic acids is 1. The summed E-state index contributed by atoms with van der Waals surface area (Å²) in [6.07, 6.45) is 0. The zero-order chi connectivity index (χ0) is 17.0. The summed E-state index contributed by atoms with van der Waals surface area (Å²) >= 11 is 0. The molecule has 3 rings (SSSR count). The molecule has 0 radical (unpaired) electrons. The molecule has 5 heteroatoms. The Morgan fingerprint density at radius 1 is 1.08 bits per heavy atom. The van der Waals surface area contributed by atoms with E-state index in [0.717, 1.165) is 16.7 Å². The molecule has 0 aromatic heterocycles. The molecule has 1 aliphatic heterocycles. The van der Waals surface area contributed by atoms with Crippen molar-refractivity contribution in [2.75, 3.05) is 20.3 Å². The minimum atomic E-state index is -0.922. The molecule has 2 aromatic rings. The summed E-state index contributed by atoms with van der Waals surface area (Å²) in [6.45, 7) is 2.89. The first kappa shape index (κ1) is 16.6. The van der Waals surface area contributed by atoms with Crippen molar-refractivity contribution in [2.45, 2.75) is 18.6 Å². The molecule has 1 heterocycles. The van der Waals surface area contributed by atoms with E-state index in [2.05, 4.69) is 5.48 Å². The van der Waals surface area contributed by atoms with Crippen molar-refractivity contribution >= 4 is 5.91 Å². The molecule has 2 aromatic carbocycles. The summed E-state index contributed by atoms with van der Waals surface area (Å²) in [7, 11) is 1.42. The Bertz CT molecular complexity index is 696. The fraction of sp³-hybridized carbons (Fsp3) is 0.316. The summed E-state index contributed by atoms with van der Waals surface area (Å²) in [5.74, 6) is -1.47. The van der Waals surface area contributed by atoms with Gasteiger partial charge in [0.1, 0.15) is 0 Å². The third kappa shape index (κ3) is 3.06. The van der Waals surface area contributed by atoms with Crippen LogP contribution in [-0.2, 0) is 24.9 Å². The van der Waals surface area contributed by atoms with Crippen molar-refractivity contribution in [1.29, 1.82) is 0 Å². The van der Waals surface area contributed by atoms with Gasteiger partial charge in [0, 0.05) is 11.1 Å². The summed E-state index contributed by atoms with van der Waals surface area (Å²) in [6, 6.07) is 17.6. The first-order valence-corrected chi connectivity index (χ1v) is 7.94. The van der Waals surface area contributed by atoms with Gasteiger partial charge in [0.25, 0.3) is 5.91 Å². The van der Waals surface area contributed by atoms with Gasteiger partial charge in [0.15, 0.2) is 0 Å². The van der Waals surface area contributed by atoms with Gasteiger partial charge >= 0.3 is 0 Å². The lowest BCUT2D eigenvalue weighted by Gasteiger charge is -2.29. The average Bonchev–Trinajstić information content (AvgIpc) is 3.13. The van der Waals surface area contributed by atoms with Crippen molar-refractivity contribution in [1.82, 2.24) is 5.48 Å². The third-order valence-corrected chi connectivity index (χ3v) is 4.21. The Morgan fingerprint density at radius 2 is 1.75 bits per heavy atom. The maximum atomic E-state index is 12.0. The predicted molar refractivity (Wildman–Crippen MR) is 89.1 cm³/mol. The monoisotopic (exact) mass is 327 g/mol. The van der Waals surface area contributed by atoms with E-state index in [1.165, 1.54) is 7.11 Å². The molecule has 0 bridgehead atoms. The lowest BCUT2D eigenvalue weighted by atomic mass is 9.92. The summed E-state index contributed by atoms with van der Waals surface area (Å²) < 4.78 is 12.0. The molecule has 1 fully saturated rings. The normalized spacial score (nSPS) is 17.4. The van der Waals surface area contributed by atoms with Gasteiger partial charge in [-0.3, -0.25) is 9.63 Å². The third-order valence-electron chi connectivity index (χ3n) is 4.21. The Balaban J connectivity index is 1.99. The SMILES string of the molecule is CONC(=O)C(C)c1cccc(C2(c3ccccc3)OCCO2)c1. The van der Waals surface area contributed by atoms with E-state index in [-0.39, 0.29) is 11.8 Å². The Morgan fingerprint density at radius 3 is 2.42 bits per heavy atom. The molecule has 0 aliphatic carbocycles. The molecular weight excluding hydrogens is 306 g/mol. The number of nitrogens with one attached hydrogen (secondary N) is 1. The van der Waals surface area contributed by atoms with Gasteiger partial charge in [-0.25, -0.2) is 5.48 Å². The molecule has 0 saturated carbocycles. The smallest absolute Gasteiger partial charge is 0.250 e. The molecule has 1 aliphatic rings. The van der Waals surface area contributed by atoms with Crippen LogP contribution in [-0.4, -0.2) is 26.2 Å². The second-order valence-corrected chi connectivity index (χ2v) is 5.70. The molecule has 0 spiro atoms. The van der Waals surface area contributed by atoms with Gasteiger partial charge < -0.3 is 9.47 Å². The summed E-state index contributed by atoms with van der Waals surface area (Å²) in [5, 5.41) is 0. The highest BCUT2D eigenvalue weighted by molar-refractivity contribution is 5.82. The lowest BCUT2D eigenvalue weighted by molar-refractivity contribution is -0.133. The van der Waals surface area contributed by atoms with Crippen LogP contribution >= 0.6 is 0 Å². The van der Waals surface area contributed by atoms with Gasteiger partial charge in [-0.2, -0.15) is 0 Å². The zero-order valence-corrected chi connectivity index (χ0v) is 13.8. The number of amides is 1. The van der Waals surface area contributed by atoms with E-state index in [1.807, 2.05) is 61.5 Å². The number of rotatable bonds is 5. The van der Waals surface area contributed by atoms with E-state index >= 15 is 0 Å². The highest BCUT2D eigenvalue weighted by atomic mass is 16.7. The highest BCUT2D eigenvalue weighted by Gasteiger charge is 2.40. The molecule has 126 valence electrons. The van der Waals surface area contributed by atoms with Crippen LogP contribution in [0.2, 0.25) is 0 Å². The number of benzene rings is 2. The van der Waals surface area contributed by atoms with E-state index in [0.29, 0.717) is 13.2 Å². The van der Waals surface area contributed by atoms with Crippen molar-refractivity contribution < 1.29 is 19.1 Å². The fourth-order valence-corrected chi connectivity index (χ4v) is 2.92. The maximum absolute atomic E-state index is 12.0. The Hall–Kier alpha value is -2.21. The first-order chi connectivity index (χ1) is 11.7. The molecule has 1 amide bonds. The van der Waals surface area contributed by atoms with Crippen molar-refractivity contribution in [3.05, 3.63) is 71.3 Å². The lowest BCUT2D eigenvalue weighted by Crippen LogP contribution is -2.30. The van der Waals surface area contributed by atoms with Crippen LogP contribution in [0.15, 0.2) is 54.6 Å². The molecule has 5 nitrogen and oxygen atoms in total. The average molecular weight is 327 g/mol. The standard InChI is InChI=1S/C19H21NO4/c1-14(18(21)20-22-2)15-7-6-10-17(13-15)19(23-11-12-24-19)16-8-4-3-5-9-16/h3-10,13-14H,11-12H2,1-2H3,(H,20,21). The molecule has 1 unspecified atom stereocenters. The minimum absolute atomic E-state index is 0.198. The van der Waals surface area contributed by atoms with Crippen molar-refractivity contribution in [3.8, 4) is 0 Å². The van der Waals surface area contributed by atoms with Gasteiger partial charge in [-0.05, 0) is 18.6 Å². The van der Waals surface area contributed by atoms with Gasteiger partial charge in [0.05, 0.1) is 26.2 Å². The van der Waals surface area contributed by atoms with Gasteiger partial charge in [0.2, 0.25) is 5.79 Å². The van der Waals surface area contributed by atoms with E-state index in [1.54, 1.807) is 0 Å². The number of carbonyl (C=O) groups is 1. The number of hydroxylamine groups is 1. The zero-order valence-electron chi connectivity index (χ0n) is 13.8. The predicted octanol–water partition coefficient (Wildman–Crippen LogP) is 2.72. The second kappa shape index (κ2) is 7.13. The van der Waals surface area contributed by atoms with Crippen molar-refractivity contribution in [3.63, 3.8) is 0 Å². The molecule has 24 heavy (non-hydrogen) atoms. The topological polar surface area (TPSA) is 56.8 Å². The summed E-state index contributed by atoms with van der Waals surface area (Å²) in [4.78, 5) is 16.7. The largest absolute Gasteiger partial charge is 0.340 e. The van der Waals surface area contributed by atoms with Gasteiger partial charge in [-0.15, -0.1) is 0 Å². The Kier molecular flexibility index (Phi) is 4.94. The summed E-state index contributed by atoms with van der Waals surface area (Å²) in [5.41, 5.74) is 5.06. The minimum Gasteiger partial charge on any atom is -0.340 e. The molecular formula is C19H21NO4. The van der Waals surface area contributed by atoms with Crippen LogP contribution < -0.4 is 5.48 Å². The number of ether oxygens (including phenoxy) is 2. The van der Waals surface area contributed by atoms with Crippen LogP contribution in [0.5, 0.6) is 0 Å². The van der Waals surface area contributed by atoms with Crippen LogP contribution in [0.3, 0.4) is 0 Å². The molecule has 1 N–H and O–H groups in total. The number of hydrogen-bond acceptors (Lipinski definition) is 4. The fourth-order valence-electron chi connectivity index (χ4n) is 2.92. The van der Waals surface area contributed by atoms with E-state index in [9.17, 15) is 4.79 Å². The highest BCUT2D eigenvalue weighted by Crippen LogP contribution is 2.39. The maximum Gasteiger partial charge on any atom is 0.250 e.